The number of methoxy groups -OCH3 is 1. The van der Waals surface area contributed by atoms with Gasteiger partial charge in [0.1, 0.15) is 5.75 Å². The molecule has 0 saturated carbocycles. The average Bonchev–Trinajstić information content (AvgIpc) is 2.33. The number of hydrogen-bond acceptors (Lipinski definition) is 3. The van der Waals surface area contributed by atoms with E-state index in [-0.39, 0.29) is 11.9 Å². The summed E-state index contributed by atoms with van der Waals surface area (Å²) in [5.74, 6) is 0.895. The van der Waals surface area contributed by atoms with E-state index in [4.69, 9.17) is 4.74 Å². The van der Waals surface area contributed by atoms with Crippen LogP contribution in [0.1, 0.15) is 31.0 Å². The third-order valence-electron chi connectivity index (χ3n) is 2.80. The molecule has 0 heterocycles. The molecule has 1 atom stereocenters. The Morgan fingerprint density at radius 2 is 2.11 bits per heavy atom. The van der Waals surface area contributed by atoms with Gasteiger partial charge in [-0.05, 0) is 25.5 Å². The average molecular weight is 250 g/mol. The van der Waals surface area contributed by atoms with Gasteiger partial charge in [-0.25, -0.2) is 0 Å². The van der Waals surface area contributed by atoms with E-state index in [0.717, 1.165) is 17.9 Å². The molecule has 0 aliphatic carbocycles. The summed E-state index contributed by atoms with van der Waals surface area (Å²) in [6, 6.07) is 6.37. The predicted molar refractivity (Wildman–Crippen MR) is 72.8 cm³/mol. The second kappa shape index (κ2) is 7.01. The molecule has 18 heavy (non-hydrogen) atoms. The van der Waals surface area contributed by atoms with Crippen LogP contribution < -0.4 is 15.4 Å². The molecule has 1 aromatic rings. The number of rotatable bonds is 6. The molecular weight excluding hydrogens is 228 g/mol. The monoisotopic (exact) mass is 250 g/mol. The van der Waals surface area contributed by atoms with Crippen LogP contribution in [0.2, 0.25) is 0 Å². The minimum absolute atomic E-state index is 0.00244. The lowest BCUT2D eigenvalue weighted by atomic mass is 10.0. The number of carbonyl (C=O) groups is 1. The number of aryl methyl sites for hydroxylation is 1. The molecule has 0 bridgehead atoms. The van der Waals surface area contributed by atoms with Crippen LogP contribution in [0.15, 0.2) is 18.2 Å². The van der Waals surface area contributed by atoms with E-state index in [0.29, 0.717) is 6.54 Å². The van der Waals surface area contributed by atoms with Crippen molar-refractivity contribution < 1.29 is 9.53 Å². The Kier molecular flexibility index (Phi) is 5.65. The Bertz CT molecular complexity index is 405. The van der Waals surface area contributed by atoms with E-state index < -0.39 is 0 Å². The quantitative estimate of drug-likeness (QED) is 0.757. The van der Waals surface area contributed by atoms with Gasteiger partial charge < -0.3 is 15.4 Å². The maximum atomic E-state index is 10.7. The molecule has 4 heteroatoms. The second-order valence-electron chi connectivity index (χ2n) is 4.40. The first kappa shape index (κ1) is 14.5. The normalized spacial score (nSPS) is 12.0. The van der Waals surface area contributed by atoms with Gasteiger partial charge in [0.15, 0.2) is 0 Å². The zero-order valence-electron chi connectivity index (χ0n) is 11.5. The molecule has 4 nitrogen and oxygen atoms in total. The second-order valence-corrected chi connectivity index (χ2v) is 4.40. The molecule has 2 N–H and O–H groups in total. The molecule has 0 aromatic heterocycles. The van der Waals surface area contributed by atoms with Crippen LogP contribution in [0.4, 0.5) is 0 Å². The summed E-state index contributed by atoms with van der Waals surface area (Å²) in [4.78, 5) is 10.7. The largest absolute Gasteiger partial charge is 0.496 e. The minimum atomic E-state index is -0.00244. The molecule has 0 fully saturated rings. The van der Waals surface area contributed by atoms with E-state index in [9.17, 15) is 4.79 Å². The van der Waals surface area contributed by atoms with E-state index in [1.54, 1.807) is 7.11 Å². The molecule has 0 radical (unpaired) electrons. The van der Waals surface area contributed by atoms with Crippen LogP contribution in [0.3, 0.4) is 0 Å². The fourth-order valence-corrected chi connectivity index (χ4v) is 1.81. The maximum absolute atomic E-state index is 10.7. The highest BCUT2D eigenvalue weighted by Crippen LogP contribution is 2.25. The minimum Gasteiger partial charge on any atom is -0.496 e. The topological polar surface area (TPSA) is 50.4 Å². The molecule has 1 amide bonds. The summed E-state index contributed by atoms with van der Waals surface area (Å²) in [6.45, 7) is 7.01. The van der Waals surface area contributed by atoms with Gasteiger partial charge in [-0.1, -0.05) is 12.1 Å². The Labute approximate surface area is 109 Å². The number of carbonyl (C=O) groups excluding carboxylic acids is 1. The lowest BCUT2D eigenvalue weighted by Crippen LogP contribution is -2.31. The van der Waals surface area contributed by atoms with Crippen molar-refractivity contribution in [1.29, 1.82) is 0 Å². The summed E-state index contributed by atoms with van der Waals surface area (Å²) in [7, 11) is 1.68. The molecule has 1 unspecified atom stereocenters. The van der Waals surface area contributed by atoms with E-state index in [2.05, 4.69) is 29.7 Å². The van der Waals surface area contributed by atoms with E-state index in [1.807, 2.05) is 13.0 Å². The van der Waals surface area contributed by atoms with Gasteiger partial charge in [0.05, 0.1) is 7.11 Å². The first-order chi connectivity index (χ1) is 8.54. The number of hydrogen-bond donors (Lipinski definition) is 2. The number of nitrogens with one attached hydrogen (secondary N) is 2. The van der Waals surface area contributed by atoms with E-state index >= 15 is 0 Å². The number of amides is 1. The fraction of sp³-hybridized carbons (Fsp3) is 0.500. The standard InChI is InChI=1S/C14H22N2O2/c1-10-5-6-13(14(9-10)18-4)11(2)15-7-8-16-12(3)17/h5-6,9,11,15H,7-8H2,1-4H3,(H,16,17). The molecule has 0 aliphatic rings. The van der Waals surface area contributed by atoms with Gasteiger partial charge in [0.25, 0.3) is 0 Å². The first-order valence-corrected chi connectivity index (χ1v) is 6.17. The van der Waals surface area contributed by atoms with Crippen molar-refractivity contribution in [2.75, 3.05) is 20.2 Å². The molecule has 0 spiro atoms. The van der Waals surface area contributed by atoms with Crippen LogP contribution in [-0.2, 0) is 4.79 Å². The van der Waals surface area contributed by atoms with Gasteiger partial charge in [-0.3, -0.25) is 4.79 Å². The molecule has 0 saturated heterocycles. The molecule has 1 aromatic carbocycles. The number of benzene rings is 1. The zero-order chi connectivity index (χ0) is 13.5. The Hall–Kier alpha value is -1.55. The van der Waals surface area contributed by atoms with Crippen molar-refractivity contribution in [3.8, 4) is 5.75 Å². The Balaban J connectivity index is 2.55. The SMILES string of the molecule is COc1cc(C)ccc1C(C)NCCNC(C)=O. The van der Waals surface area contributed by atoms with E-state index in [1.165, 1.54) is 12.5 Å². The van der Waals surface area contributed by atoms with Crippen molar-refractivity contribution in [1.82, 2.24) is 10.6 Å². The van der Waals surface area contributed by atoms with Gasteiger partial charge in [0, 0.05) is 31.6 Å². The van der Waals surface area contributed by atoms with Crippen LogP contribution >= 0.6 is 0 Å². The van der Waals surface area contributed by atoms with Crippen molar-refractivity contribution >= 4 is 5.91 Å². The molecule has 0 aliphatic heterocycles. The molecule has 100 valence electrons. The van der Waals surface area contributed by atoms with Crippen LogP contribution in [0.5, 0.6) is 5.75 Å². The smallest absolute Gasteiger partial charge is 0.216 e. The third-order valence-corrected chi connectivity index (χ3v) is 2.80. The Morgan fingerprint density at radius 3 is 2.72 bits per heavy atom. The van der Waals surface area contributed by atoms with Gasteiger partial charge in [-0.15, -0.1) is 0 Å². The zero-order valence-corrected chi connectivity index (χ0v) is 11.5. The van der Waals surface area contributed by atoms with Gasteiger partial charge in [-0.2, -0.15) is 0 Å². The molecular formula is C14H22N2O2. The van der Waals surface area contributed by atoms with Crippen molar-refractivity contribution in [2.24, 2.45) is 0 Å². The van der Waals surface area contributed by atoms with Crippen molar-refractivity contribution in [3.05, 3.63) is 29.3 Å². The predicted octanol–water partition coefficient (Wildman–Crippen LogP) is 1.79. The Morgan fingerprint density at radius 1 is 1.39 bits per heavy atom. The van der Waals surface area contributed by atoms with Crippen molar-refractivity contribution in [3.63, 3.8) is 0 Å². The summed E-state index contributed by atoms with van der Waals surface area (Å²) >= 11 is 0. The lowest BCUT2D eigenvalue weighted by Gasteiger charge is -2.17. The summed E-state index contributed by atoms with van der Waals surface area (Å²) in [5.41, 5.74) is 2.31. The summed E-state index contributed by atoms with van der Waals surface area (Å²) in [6.07, 6.45) is 0. The third kappa shape index (κ3) is 4.37. The maximum Gasteiger partial charge on any atom is 0.216 e. The van der Waals surface area contributed by atoms with Crippen LogP contribution in [0, 0.1) is 6.92 Å². The highest BCUT2D eigenvalue weighted by atomic mass is 16.5. The van der Waals surface area contributed by atoms with Gasteiger partial charge >= 0.3 is 0 Å². The van der Waals surface area contributed by atoms with Crippen molar-refractivity contribution in [2.45, 2.75) is 26.8 Å². The highest BCUT2D eigenvalue weighted by molar-refractivity contribution is 5.72. The molecule has 1 rings (SSSR count). The lowest BCUT2D eigenvalue weighted by molar-refractivity contribution is -0.118. The van der Waals surface area contributed by atoms with Crippen LogP contribution in [-0.4, -0.2) is 26.1 Å². The fourth-order valence-electron chi connectivity index (χ4n) is 1.81. The summed E-state index contributed by atoms with van der Waals surface area (Å²) < 4.78 is 5.38. The number of ether oxygens (including phenoxy) is 1. The van der Waals surface area contributed by atoms with Crippen LogP contribution in [0.25, 0.3) is 0 Å². The summed E-state index contributed by atoms with van der Waals surface area (Å²) in [5, 5.41) is 6.11. The highest BCUT2D eigenvalue weighted by Gasteiger charge is 2.10. The first-order valence-electron chi connectivity index (χ1n) is 6.17. The van der Waals surface area contributed by atoms with Gasteiger partial charge in [0.2, 0.25) is 5.91 Å².